The van der Waals surface area contributed by atoms with E-state index in [4.69, 9.17) is 0 Å². The number of carbonyl (C=O) groups is 1. The molecule has 2 aliphatic rings. The molecule has 0 heterocycles. The summed E-state index contributed by atoms with van der Waals surface area (Å²) in [5, 5.41) is 3.30. The first-order valence-corrected chi connectivity index (χ1v) is 6.63. The highest BCUT2D eigenvalue weighted by Gasteiger charge is 2.50. The molecule has 17 heavy (non-hydrogen) atoms. The Morgan fingerprint density at radius 3 is 2.71 bits per heavy atom. The highest BCUT2D eigenvalue weighted by atomic mass is 16.1. The largest absolute Gasteiger partial charge is 0.350 e. The average Bonchev–Trinajstić information content (AvgIpc) is 2.58. The van der Waals surface area contributed by atoms with Crippen LogP contribution in [0.3, 0.4) is 0 Å². The summed E-state index contributed by atoms with van der Waals surface area (Å²) in [6.45, 7) is 0. The summed E-state index contributed by atoms with van der Waals surface area (Å²) in [4.78, 5) is 12.0. The summed E-state index contributed by atoms with van der Waals surface area (Å²) in [6.07, 6.45) is 6.82. The third-order valence-corrected chi connectivity index (χ3v) is 4.49. The van der Waals surface area contributed by atoms with Crippen LogP contribution in [-0.2, 0) is 11.2 Å². The molecule has 0 bridgehead atoms. The minimum atomic E-state index is 0.186. The van der Waals surface area contributed by atoms with Crippen molar-refractivity contribution in [3.05, 3.63) is 35.9 Å². The summed E-state index contributed by atoms with van der Waals surface area (Å²) in [5.41, 5.74) is 1.29. The van der Waals surface area contributed by atoms with Gasteiger partial charge in [-0.25, -0.2) is 0 Å². The van der Waals surface area contributed by atoms with E-state index in [0.29, 0.717) is 6.42 Å². The van der Waals surface area contributed by atoms with Crippen LogP contribution in [0.15, 0.2) is 30.3 Å². The second kappa shape index (κ2) is 4.17. The maximum Gasteiger partial charge on any atom is 0.224 e. The maximum absolute atomic E-state index is 12.0. The van der Waals surface area contributed by atoms with Crippen LogP contribution in [0.2, 0.25) is 0 Å². The fraction of sp³-hybridized carbons (Fsp3) is 0.533. The van der Waals surface area contributed by atoms with E-state index in [1.54, 1.807) is 0 Å². The Kier molecular flexibility index (Phi) is 2.65. The average molecular weight is 229 g/mol. The van der Waals surface area contributed by atoms with E-state index in [2.05, 4.69) is 5.32 Å². The molecule has 0 radical (unpaired) electrons. The van der Waals surface area contributed by atoms with Crippen molar-refractivity contribution in [2.24, 2.45) is 5.92 Å². The first-order chi connectivity index (χ1) is 8.28. The Balaban J connectivity index is 1.61. The first-order valence-electron chi connectivity index (χ1n) is 6.63. The maximum atomic E-state index is 12.0. The van der Waals surface area contributed by atoms with Crippen molar-refractivity contribution in [1.82, 2.24) is 5.32 Å². The summed E-state index contributed by atoms with van der Waals surface area (Å²) in [5.74, 6) is 0.963. The van der Waals surface area contributed by atoms with E-state index in [1.807, 2.05) is 30.3 Å². The lowest BCUT2D eigenvalue weighted by atomic mass is 9.69. The minimum absolute atomic E-state index is 0.186. The molecule has 1 aromatic carbocycles. The van der Waals surface area contributed by atoms with Gasteiger partial charge in [0.2, 0.25) is 5.91 Å². The zero-order valence-corrected chi connectivity index (χ0v) is 10.1. The van der Waals surface area contributed by atoms with E-state index in [9.17, 15) is 4.79 Å². The van der Waals surface area contributed by atoms with Gasteiger partial charge < -0.3 is 5.32 Å². The van der Waals surface area contributed by atoms with Gasteiger partial charge in [0, 0.05) is 5.54 Å². The Labute approximate surface area is 102 Å². The van der Waals surface area contributed by atoms with Gasteiger partial charge in [0.15, 0.2) is 0 Å². The molecule has 0 spiro atoms. The number of amides is 1. The van der Waals surface area contributed by atoms with Crippen LogP contribution in [0.1, 0.15) is 37.7 Å². The standard InChI is InChI=1S/C15H19NO/c17-14(11-12-5-2-1-3-6-12)16-15-9-4-7-13(15)8-10-15/h1-3,5-6,13H,4,7-11H2,(H,16,17). The topological polar surface area (TPSA) is 29.1 Å². The quantitative estimate of drug-likeness (QED) is 0.848. The number of hydrogen-bond acceptors (Lipinski definition) is 1. The van der Waals surface area contributed by atoms with E-state index in [0.717, 1.165) is 11.5 Å². The van der Waals surface area contributed by atoms with Gasteiger partial charge in [0.1, 0.15) is 0 Å². The highest BCUT2D eigenvalue weighted by Crippen LogP contribution is 2.50. The lowest BCUT2D eigenvalue weighted by molar-refractivity contribution is -0.124. The van der Waals surface area contributed by atoms with Crippen LogP contribution in [-0.4, -0.2) is 11.4 Å². The predicted molar refractivity (Wildman–Crippen MR) is 67.6 cm³/mol. The monoisotopic (exact) mass is 229 g/mol. The zero-order chi connectivity index (χ0) is 11.7. The van der Waals surface area contributed by atoms with Gasteiger partial charge in [-0.1, -0.05) is 36.8 Å². The molecular weight excluding hydrogens is 210 g/mol. The van der Waals surface area contributed by atoms with Crippen LogP contribution >= 0.6 is 0 Å². The van der Waals surface area contributed by atoms with Gasteiger partial charge in [-0.2, -0.15) is 0 Å². The Morgan fingerprint density at radius 2 is 2.06 bits per heavy atom. The van der Waals surface area contributed by atoms with Crippen LogP contribution in [0, 0.1) is 5.92 Å². The normalized spacial score (nSPS) is 30.5. The molecule has 1 N–H and O–H groups in total. The molecule has 0 aliphatic heterocycles. The van der Waals surface area contributed by atoms with Gasteiger partial charge in [-0.05, 0) is 37.2 Å². The number of hydrogen-bond donors (Lipinski definition) is 1. The Bertz CT molecular complexity index is 414. The molecule has 2 unspecified atom stereocenters. The summed E-state index contributed by atoms with van der Waals surface area (Å²) in [7, 11) is 0. The van der Waals surface area contributed by atoms with Crippen LogP contribution in [0.4, 0.5) is 0 Å². The van der Waals surface area contributed by atoms with Crippen LogP contribution in [0.5, 0.6) is 0 Å². The summed E-state index contributed by atoms with van der Waals surface area (Å²) in [6, 6.07) is 10.00. The molecule has 2 atom stereocenters. The van der Waals surface area contributed by atoms with Crippen LogP contribution < -0.4 is 5.32 Å². The third-order valence-electron chi connectivity index (χ3n) is 4.49. The molecule has 2 heteroatoms. The SMILES string of the molecule is O=C(Cc1ccccc1)NC12CCCC1CC2. The number of benzene rings is 1. The van der Waals surface area contributed by atoms with E-state index >= 15 is 0 Å². The predicted octanol–water partition coefficient (Wildman–Crippen LogP) is 2.68. The molecule has 3 rings (SSSR count). The fourth-order valence-corrected chi connectivity index (χ4v) is 3.44. The molecule has 90 valence electrons. The molecule has 2 fully saturated rings. The van der Waals surface area contributed by atoms with Crippen molar-refractivity contribution in [3.63, 3.8) is 0 Å². The van der Waals surface area contributed by atoms with Crippen molar-refractivity contribution in [1.29, 1.82) is 0 Å². The minimum Gasteiger partial charge on any atom is -0.350 e. The second-order valence-corrected chi connectivity index (χ2v) is 5.49. The van der Waals surface area contributed by atoms with Crippen molar-refractivity contribution in [2.45, 2.75) is 44.1 Å². The van der Waals surface area contributed by atoms with E-state index in [1.165, 1.54) is 32.1 Å². The van der Waals surface area contributed by atoms with Gasteiger partial charge in [-0.3, -0.25) is 4.79 Å². The van der Waals surface area contributed by atoms with Gasteiger partial charge >= 0.3 is 0 Å². The number of fused-ring (bicyclic) bond motifs is 1. The van der Waals surface area contributed by atoms with Gasteiger partial charge in [0.25, 0.3) is 0 Å². The lowest BCUT2D eigenvalue weighted by Gasteiger charge is -2.45. The third kappa shape index (κ3) is 1.97. The van der Waals surface area contributed by atoms with Crippen molar-refractivity contribution in [3.8, 4) is 0 Å². The molecule has 2 aliphatic carbocycles. The molecule has 0 saturated heterocycles. The van der Waals surface area contributed by atoms with Gasteiger partial charge in [-0.15, -0.1) is 0 Å². The summed E-state index contributed by atoms with van der Waals surface area (Å²) < 4.78 is 0. The highest BCUT2D eigenvalue weighted by molar-refractivity contribution is 5.79. The fourth-order valence-electron chi connectivity index (χ4n) is 3.44. The van der Waals surface area contributed by atoms with Crippen molar-refractivity contribution < 1.29 is 4.79 Å². The number of nitrogens with one attached hydrogen (secondary N) is 1. The molecule has 2 nitrogen and oxygen atoms in total. The number of carbonyl (C=O) groups excluding carboxylic acids is 1. The smallest absolute Gasteiger partial charge is 0.224 e. The number of rotatable bonds is 3. The first kappa shape index (κ1) is 10.8. The molecule has 1 aromatic rings. The summed E-state index contributed by atoms with van der Waals surface area (Å²) >= 11 is 0. The van der Waals surface area contributed by atoms with Crippen molar-refractivity contribution >= 4 is 5.91 Å². The van der Waals surface area contributed by atoms with Crippen molar-refractivity contribution in [2.75, 3.05) is 0 Å². The van der Waals surface area contributed by atoms with E-state index < -0.39 is 0 Å². The Hall–Kier alpha value is -1.31. The molecule has 2 saturated carbocycles. The van der Waals surface area contributed by atoms with Gasteiger partial charge in [0.05, 0.1) is 6.42 Å². The lowest BCUT2D eigenvalue weighted by Crippen LogP contribution is -2.57. The zero-order valence-electron chi connectivity index (χ0n) is 10.1. The van der Waals surface area contributed by atoms with E-state index in [-0.39, 0.29) is 11.4 Å². The molecule has 1 amide bonds. The Morgan fingerprint density at radius 1 is 1.24 bits per heavy atom. The van der Waals surface area contributed by atoms with Crippen LogP contribution in [0.25, 0.3) is 0 Å². The second-order valence-electron chi connectivity index (χ2n) is 5.49. The molecular formula is C15H19NO. The molecule has 0 aromatic heterocycles.